The number of benzene rings is 1. The van der Waals surface area contributed by atoms with E-state index in [-0.39, 0.29) is 23.4 Å². The number of nitrogens with zero attached hydrogens (tertiary/aromatic N) is 3. The minimum absolute atomic E-state index is 0.0197. The molecule has 1 amide bonds. The molecule has 9 heteroatoms. The Kier molecular flexibility index (Phi) is 14.6. The number of para-hydroxylation sites is 1. The van der Waals surface area contributed by atoms with Crippen LogP contribution in [0.1, 0.15) is 63.8 Å². The van der Waals surface area contributed by atoms with Gasteiger partial charge in [-0.25, -0.2) is 0 Å². The summed E-state index contributed by atoms with van der Waals surface area (Å²) >= 11 is 0. The molecular formula is C39H53N7O2. The highest BCUT2D eigenvalue weighted by molar-refractivity contribution is 6.15. The maximum atomic E-state index is 12.2. The summed E-state index contributed by atoms with van der Waals surface area (Å²) in [5.74, 6) is 0.785. The van der Waals surface area contributed by atoms with Crippen molar-refractivity contribution < 1.29 is 9.53 Å². The van der Waals surface area contributed by atoms with Gasteiger partial charge in [0.15, 0.2) is 0 Å². The first-order valence-corrected chi connectivity index (χ1v) is 16.8. The lowest BCUT2D eigenvalue weighted by Gasteiger charge is -2.39. The number of allylic oxidation sites excluding steroid dienone is 4. The van der Waals surface area contributed by atoms with E-state index in [2.05, 4.69) is 76.8 Å². The maximum absolute atomic E-state index is 12.2. The number of aryl methyl sites for hydroxylation is 1. The van der Waals surface area contributed by atoms with Crippen molar-refractivity contribution in [3.05, 3.63) is 108 Å². The van der Waals surface area contributed by atoms with Crippen molar-refractivity contribution in [2.45, 2.75) is 59.9 Å². The van der Waals surface area contributed by atoms with Crippen LogP contribution < -0.4 is 21.1 Å². The Balaban J connectivity index is 0.00000307. The molecule has 5 N–H and O–H groups in total. The zero-order valence-electron chi connectivity index (χ0n) is 29.5. The van der Waals surface area contributed by atoms with Crippen molar-refractivity contribution in [2.24, 2.45) is 22.6 Å². The zero-order chi connectivity index (χ0) is 35.2. The lowest BCUT2D eigenvalue weighted by atomic mass is 9.91. The molecule has 1 saturated carbocycles. The standard InChI is InChI=1S/C37H47N7O2.C2H6/c1-7-10-26-17-18-41-30(19-26)23-44-21-29(22-44)24(3)13-14-27(8-2)31-11-9-12-32(36(31)46-6)42-33(35(39)25(4)40-5)20-34(38)43-37(45)28-15-16-28;1-2/h8-9,11-14,17-20,28-29,39-40,42H,2,4,7,10,15-16,21-23H2,1,3,5-6H3,(H2,38,43,45);1-2H3/b24-13+,27-14+,33-20+,39-35?;. The molecule has 1 aromatic heterocycles. The SMILES string of the molecule is C=C/C(=C\C=C(/C)C1CN(Cc2cc(CCC)ccn2)C1)c1cccc(N/C(=C/C(N)=NC(=O)C2CC2)C(=N)C(=C)NC)c1OC.CC. The monoisotopic (exact) mass is 651 g/mol. The Hall–Kier alpha value is -4.76. The first-order valence-electron chi connectivity index (χ1n) is 16.8. The van der Waals surface area contributed by atoms with Gasteiger partial charge >= 0.3 is 0 Å². The maximum Gasteiger partial charge on any atom is 0.250 e. The average molecular weight is 652 g/mol. The molecule has 2 fully saturated rings. The Morgan fingerprint density at radius 1 is 1.21 bits per heavy atom. The third-order valence-electron chi connectivity index (χ3n) is 8.28. The van der Waals surface area contributed by atoms with Crippen LogP contribution in [-0.2, 0) is 17.8 Å². The van der Waals surface area contributed by atoms with Crippen LogP contribution in [0.15, 0.2) is 96.0 Å². The number of amides is 1. The van der Waals surface area contributed by atoms with Gasteiger partial charge in [-0.1, -0.05) is 76.3 Å². The van der Waals surface area contributed by atoms with Crippen LogP contribution >= 0.6 is 0 Å². The number of carbonyl (C=O) groups is 1. The number of methoxy groups -OCH3 is 1. The molecule has 0 radical (unpaired) electrons. The number of amidine groups is 1. The van der Waals surface area contributed by atoms with E-state index < -0.39 is 0 Å². The highest BCUT2D eigenvalue weighted by Gasteiger charge is 2.30. The number of ether oxygens (including phenoxy) is 1. The second-order valence-electron chi connectivity index (χ2n) is 11.9. The van der Waals surface area contributed by atoms with E-state index in [0.29, 0.717) is 28.7 Å². The fraction of sp³-hybridized carbons (Fsp3) is 0.385. The van der Waals surface area contributed by atoms with Gasteiger partial charge in [0.05, 0.1) is 29.9 Å². The molecular weight excluding hydrogens is 598 g/mol. The van der Waals surface area contributed by atoms with Gasteiger partial charge in [-0.3, -0.25) is 20.1 Å². The summed E-state index contributed by atoms with van der Waals surface area (Å²) < 4.78 is 5.88. The molecule has 48 heavy (non-hydrogen) atoms. The largest absolute Gasteiger partial charge is 0.494 e. The number of carbonyl (C=O) groups excluding carboxylic acids is 1. The lowest BCUT2D eigenvalue weighted by molar-refractivity contribution is -0.118. The van der Waals surface area contributed by atoms with Crippen molar-refractivity contribution in [2.75, 3.05) is 32.6 Å². The summed E-state index contributed by atoms with van der Waals surface area (Å²) in [6, 6.07) is 10.1. The minimum atomic E-state index is -0.237. The number of anilines is 1. The summed E-state index contributed by atoms with van der Waals surface area (Å²) in [6.07, 6.45) is 13.3. The smallest absolute Gasteiger partial charge is 0.250 e. The number of likely N-dealkylation sites (tertiary alicyclic amines) is 1. The highest BCUT2D eigenvalue weighted by Crippen LogP contribution is 2.36. The molecule has 1 saturated heterocycles. The van der Waals surface area contributed by atoms with E-state index in [0.717, 1.165) is 62.1 Å². The molecule has 1 aliphatic heterocycles. The Bertz CT molecular complexity index is 1590. The Morgan fingerprint density at radius 3 is 2.56 bits per heavy atom. The second kappa shape index (κ2) is 18.5. The zero-order valence-corrected chi connectivity index (χ0v) is 29.5. The molecule has 4 rings (SSSR count). The van der Waals surface area contributed by atoms with Crippen LogP contribution in [0.25, 0.3) is 5.57 Å². The lowest BCUT2D eigenvalue weighted by Crippen LogP contribution is -2.46. The number of aliphatic imine (C=N–C) groups is 1. The molecule has 2 heterocycles. The normalized spacial score (nSPS) is 15.9. The van der Waals surface area contributed by atoms with Crippen LogP contribution in [-0.4, -0.2) is 54.6 Å². The summed E-state index contributed by atoms with van der Waals surface area (Å²) in [5, 5.41) is 14.8. The Labute approximate surface area is 287 Å². The number of aromatic nitrogens is 1. The fourth-order valence-corrected chi connectivity index (χ4v) is 5.31. The number of rotatable bonds is 16. The number of hydrogen-bond acceptors (Lipinski definition) is 7. The first-order chi connectivity index (χ1) is 23.2. The van der Waals surface area contributed by atoms with Crippen LogP contribution in [0.5, 0.6) is 5.75 Å². The van der Waals surface area contributed by atoms with E-state index in [4.69, 9.17) is 15.9 Å². The van der Waals surface area contributed by atoms with Crippen LogP contribution in [0.4, 0.5) is 5.69 Å². The van der Waals surface area contributed by atoms with E-state index in [1.807, 2.05) is 44.3 Å². The predicted octanol–water partition coefficient (Wildman–Crippen LogP) is 7.06. The van der Waals surface area contributed by atoms with Crippen LogP contribution in [0.3, 0.4) is 0 Å². The number of hydrogen-bond donors (Lipinski definition) is 4. The van der Waals surface area contributed by atoms with Crippen molar-refractivity contribution in [3.63, 3.8) is 0 Å². The van der Waals surface area contributed by atoms with E-state index >= 15 is 0 Å². The van der Waals surface area contributed by atoms with Crippen molar-refractivity contribution in [1.29, 1.82) is 5.41 Å². The van der Waals surface area contributed by atoms with Gasteiger partial charge in [0.25, 0.3) is 5.91 Å². The molecule has 1 aromatic carbocycles. The van der Waals surface area contributed by atoms with E-state index in [1.54, 1.807) is 14.2 Å². The summed E-state index contributed by atoms with van der Waals surface area (Å²) in [4.78, 5) is 23.2. The predicted molar refractivity (Wildman–Crippen MR) is 200 cm³/mol. The molecule has 0 spiro atoms. The van der Waals surface area contributed by atoms with Gasteiger partial charge in [-0.2, -0.15) is 4.99 Å². The number of nitrogens with two attached hydrogens (primary N) is 1. The third kappa shape index (κ3) is 10.4. The van der Waals surface area contributed by atoms with Crippen molar-refractivity contribution >= 4 is 28.7 Å². The molecule has 0 unspecified atom stereocenters. The second-order valence-corrected chi connectivity index (χ2v) is 11.9. The van der Waals surface area contributed by atoms with Gasteiger partial charge in [0.2, 0.25) is 0 Å². The highest BCUT2D eigenvalue weighted by atomic mass is 16.5. The topological polar surface area (TPSA) is 129 Å². The molecule has 0 bridgehead atoms. The first kappa shape index (κ1) is 37.7. The van der Waals surface area contributed by atoms with Gasteiger partial charge in [0, 0.05) is 56.4 Å². The van der Waals surface area contributed by atoms with Crippen molar-refractivity contribution in [1.82, 2.24) is 15.2 Å². The molecule has 9 nitrogen and oxygen atoms in total. The van der Waals surface area contributed by atoms with Crippen LogP contribution in [0.2, 0.25) is 0 Å². The van der Waals surface area contributed by atoms with Gasteiger partial charge in [0.1, 0.15) is 17.3 Å². The van der Waals surface area contributed by atoms with E-state index in [9.17, 15) is 4.79 Å². The minimum Gasteiger partial charge on any atom is -0.494 e. The molecule has 2 aromatic rings. The average Bonchev–Trinajstić information content (AvgIpc) is 3.93. The van der Waals surface area contributed by atoms with Crippen molar-refractivity contribution in [3.8, 4) is 5.75 Å². The molecule has 256 valence electrons. The number of pyridine rings is 1. The fourth-order valence-electron chi connectivity index (χ4n) is 5.31. The quantitative estimate of drug-likeness (QED) is 0.0869. The molecule has 1 aliphatic carbocycles. The van der Waals surface area contributed by atoms with E-state index in [1.165, 1.54) is 17.2 Å². The Morgan fingerprint density at radius 2 is 1.94 bits per heavy atom. The summed E-state index contributed by atoms with van der Waals surface area (Å²) in [7, 11) is 3.29. The summed E-state index contributed by atoms with van der Waals surface area (Å²) in [5.41, 5.74) is 13.0. The number of nitrogens with one attached hydrogen (secondary N) is 3. The van der Waals surface area contributed by atoms with Gasteiger partial charge in [-0.05, 0) is 55.5 Å². The summed E-state index contributed by atoms with van der Waals surface area (Å²) in [6.45, 7) is 19.2. The van der Waals surface area contributed by atoms with Gasteiger partial charge < -0.3 is 21.1 Å². The molecule has 0 atom stereocenters. The third-order valence-corrected chi connectivity index (χ3v) is 8.28. The van der Waals surface area contributed by atoms with Gasteiger partial charge in [-0.15, -0.1) is 0 Å². The van der Waals surface area contributed by atoms with Crippen LogP contribution in [0, 0.1) is 17.2 Å². The molecule has 2 aliphatic rings.